The SMILES string of the molecule is O=C1C[C@H](N2CCN(c3ccc(O)cc3)CC2)C(=O)N1c1ccc(F)c(Cl)c1. The molecule has 0 spiro atoms. The van der Waals surface area contributed by atoms with E-state index in [1.807, 2.05) is 17.0 Å². The van der Waals surface area contributed by atoms with Crippen molar-refractivity contribution in [2.45, 2.75) is 12.5 Å². The summed E-state index contributed by atoms with van der Waals surface area (Å²) in [5.74, 6) is -0.978. The molecule has 146 valence electrons. The lowest BCUT2D eigenvalue weighted by Gasteiger charge is -2.38. The number of piperazine rings is 1. The summed E-state index contributed by atoms with van der Waals surface area (Å²) in [4.78, 5) is 30.6. The summed E-state index contributed by atoms with van der Waals surface area (Å²) in [6.07, 6.45) is 0.104. The van der Waals surface area contributed by atoms with Gasteiger partial charge in [0.25, 0.3) is 5.91 Å². The van der Waals surface area contributed by atoms with Crippen molar-refractivity contribution in [2.75, 3.05) is 36.0 Å². The number of benzene rings is 2. The van der Waals surface area contributed by atoms with Gasteiger partial charge in [-0.25, -0.2) is 9.29 Å². The predicted molar refractivity (Wildman–Crippen MR) is 104 cm³/mol. The second kappa shape index (κ2) is 7.41. The number of anilines is 2. The molecular weight excluding hydrogens is 385 g/mol. The zero-order valence-corrected chi connectivity index (χ0v) is 15.8. The molecule has 4 rings (SSSR count). The third-order valence-electron chi connectivity index (χ3n) is 5.25. The van der Waals surface area contributed by atoms with E-state index in [4.69, 9.17) is 11.6 Å². The van der Waals surface area contributed by atoms with Crippen molar-refractivity contribution in [1.82, 2.24) is 4.90 Å². The average Bonchev–Trinajstić information content (AvgIpc) is 2.99. The number of rotatable bonds is 3. The maximum Gasteiger partial charge on any atom is 0.251 e. The summed E-state index contributed by atoms with van der Waals surface area (Å²) in [7, 11) is 0. The summed E-state index contributed by atoms with van der Waals surface area (Å²) < 4.78 is 13.4. The second-order valence-corrected chi connectivity index (χ2v) is 7.33. The molecule has 0 saturated carbocycles. The molecule has 0 radical (unpaired) electrons. The monoisotopic (exact) mass is 403 g/mol. The Morgan fingerprint density at radius 2 is 1.61 bits per heavy atom. The zero-order chi connectivity index (χ0) is 19.8. The van der Waals surface area contributed by atoms with Crippen LogP contribution in [0.3, 0.4) is 0 Å². The second-order valence-electron chi connectivity index (χ2n) is 6.93. The van der Waals surface area contributed by atoms with Crippen LogP contribution in [-0.4, -0.2) is 54.0 Å². The highest BCUT2D eigenvalue weighted by molar-refractivity contribution is 6.31. The number of carbonyl (C=O) groups is 2. The van der Waals surface area contributed by atoms with E-state index in [1.165, 1.54) is 12.1 Å². The van der Waals surface area contributed by atoms with Crippen molar-refractivity contribution in [3.63, 3.8) is 0 Å². The third-order valence-corrected chi connectivity index (χ3v) is 5.54. The largest absolute Gasteiger partial charge is 0.508 e. The van der Waals surface area contributed by atoms with Crippen LogP contribution in [0, 0.1) is 5.82 Å². The van der Waals surface area contributed by atoms with Crippen LogP contribution in [0.2, 0.25) is 5.02 Å². The lowest BCUT2D eigenvalue weighted by atomic mass is 10.1. The van der Waals surface area contributed by atoms with Crippen LogP contribution in [-0.2, 0) is 9.59 Å². The number of hydrogen-bond donors (Lipinski definition) is 1. The van der Waals surface area contributed by atoms with Crippen LogP contribution in [0.25, 0.3) is 0 Å². The van der Waals surface area contributed by atoms with Crippen LogP contribution >= 0.6 is 11.6 Å². The Labute approximate surface area is 166 Å². The summed E-state index contributed by atoms with van der Waals surface area (Å²) >= 11 is 5.80. The quantitative estimate of drug-likeness (QED) is 0.798. The van der Waals surface area contributed by atoms with Gasteiger partial charge in [0.1, 0.15) is 11.6 Å². The molecule has 2 aliphatic heterocycles. The van der Waals surface area contributed by atoms with Gasteiger partial charge in [0.2, 0.25) is 5.91 Å². The van der Waals surface area contributed by atoms with E-state index >= 15 is 0 Å². The summed E-state index contributed by atoms with van der Waals surface area (Å²) in [5.41, 5.74) is 1.31. The number of hydrogen-bond acceptors (Lipinski definition) is 5. The molecule has 1 atom stereocenters. The Balaban J connectivity index is 1.44. The number of carbonyl (C=O) groups excluding carboxylic acids is 2. The van der Waals surface area contributed by atoms with Gasteiger partial charge in [0.15, 0.2) is 0 Å². The molecule has 28 heavy (non-hydrogen) atoms. The fourth-order valence-corrected chi connectivity index (χ4v) is 3.93. The number of imide groups is 1. The van der Waals surface area contributed by atoms with Crippen molar-refractivity contribution in [3.8, 4) is 5.75 Å². The topological polar surface area (TPSA) is 64.1 Å². The zero-order valence-electron chi connectivity index (χ0n) is 15.0. The number of aromatic hydroxyl groups is 1. The highest BCUT2D eigenvalue weighted by Gasteiger charge is 2.43. The molecule has 6 nitrogen and oxygen atoms in total. The maximum absolute atomic E-state index is 13.4. The van der Waals surface area contributed by atoms with Crippen molar-refractivity contribution in [1.29, 1.82) is 0 Å². The number of amides is 2. The van der Waals surface area contributed by atoms with Gasteiger partial charge in [-0.05, 0) is 42.5 Å². The summed E-state index contributed by atoms with van der Waals surface area (Å²) in [6, 6.07) is 10.3. The van der Waals surface area contributed by atoms with E-state index in [-0.39, 0.29) is 29.0 Å². The highest BCUT2D eigenvalue weighted by atomic mass is 35.5. The fourth-order valence-electron chi connectivity index (χ4n) is 3.75. The minimum Gasteiger partial charge on any atom is -0.508 e. The number of halogens is 2. The van der Waals surface area contributed by atoms with Crippen molar-refractivity contribution < 1.29 is 19.1 Å². The predicted octanol–water partition coefficient (Wildman–Crippen LogP) is 2.64. The first-order chi connectivity index (χ1) is 13.4. The number of phenols is 1. The molecule has 2 aromatic carbocycles. The molecule has 0 aromatic heterocycles. The van der Waals surface area contributed by atoms with Gasteiger partial charge in [-0.2, -0.15) is 0 Å². The summed E-state index contributed by atoms with van der Waals surface area (Å²) in [5, 5.41) is 9.29. The molecule has 2 amide bonds. The van der Waals surface area contributed by atoms with E-state index < -0.39 is 11.9 Å². The van der Waals surface area contributed by atoms with Crippen LogP contribution < -0.4 is 9.80 Å². The van der Waals surface area contributed by atoms with E-state index in [0.717, 1.165) is 16.7 Å². The third kappa shape index (κ3) is 3.43. The number of phenolic OH excluding ortho intramolecular Hbond substituents is 1. The van der Waals surface area contributed by atoms with E-state index in [2.05, 4.69) is 4.90 Å². The van der Waals surface area contributed by atoms with Gasteiger partial charge in [-0.15, -0.1) is 0 Å². The Morgan fingerprint density at radius 3 is 2.25 bits per heavy atom. The van der Waals surface area contributed by atoms with Crippen molar-refractivity contribution >= 4 is 34.8 Å². The molecule has 2 aliphatic rings. The Kier molecular flexibility index (Phi) is 4.95. The Hall–Kier alpha value is -2.64. The van der Waals surface area contributed by atoms with Crippen LogP contribution in [0.4, 0.5) is 15.8 Å². The van der Waals surface area contributed by atoms with Crippen LogP contribution in [0.15, 0.2) is 42.5 Å². The number of nitrogens with zero attached hydrogens (tertiary/aromatic N) is 3. The molecule has 1 N–H and O–H groups in total. The maximum atomic E-state index is 13.4. The highest BCUT2D eigenvalue weighted by Crippen LogP contribution is 2.30. The molecule has 0 bridgehead atoms. The molecule has 0 unspecified atom stereocenters. The average molecular weight is 404 g/mol. The first-order valence-electron chi connectivity index (χ1n) is 9.04. The minimum atomic E-state index is -0.591. The van der Waals surface area contributed by atoms with Gasteiger partial charge in [-0.3, -0.25) is 14.5 Å². The molecule has 8 heteroatoms. The van der Waals surface area contributed by atoms with Crippen molar-refractivity contribution in [3.05, 3.63) is 53.3 Å². The van der Waals surface area contributed by atoms with Gasteiger partial charge in [0, 0.05) is 31.9 Å². The lowest BCUT2D eigenvalue weighted by molar-refractivity contribution is -0.123. The molecule has 2 saturated heterocycles. The lowest BCUT2D eigenvalue weighted by Crippen LogP contribution is -2.52. The van der Waals surface area contributed by atoms with Crippen LogP contribution in [0.1, 0.15) is 6.42 Å². The van der Waals surface area contributed by atoms with Crippen LogP contribution in [0.5, 0.6) is 5.75 Å². The van der Waals surface area contributed by atoms with Gasteiger partial charge in [0.05, 0.1) is 23.2 Å². The fraction of sp³-hybridized carbons (Fsp3) is 0.300. The smallest absolute Gasteiger partial charge is 0.251 e. The van der Waals surface area contributed by atoms with Gasteiger partial charge >= 0.3 is 0 Å². The van der Waals surface area contributed by atoms with Crippen molar-refractivity contribution in [2.24, 2.45) is 0 Å². The first-order valence-corrected chi connectivity index (χ1v) is 9.42. The van der Waals surface area contributed by atoms with E-state index in [0.29, 0.717) is 31.9 Å². The molecule has 2 aromatic rings. The normalized spacial score (nSPS) is 20.9. The minimum absolute atomic E-state index is 0.104. The Morgan fingerprint density at radius 1 is 0.964 bits per heavy atom. The molecule has 2 fully saturated rings. The Bertz CT molecular complexity index is 913. The van der Waals surface area contributed by atoms with Gasteiger partial charge in [-0.1, -0.05) is 11.6 Å². The van der Waals surface area contributed by atoms with Gasteiger partial charge < -0.3 is 10.0 Å². The van der Waals surface area contributed by atoms with E-state index in [1.54, 1.807) is 12.1 Å². The standard InChI is InChI=1S/C20H19ClFN3O3/c21-16-11-14(3-6-17(16)22)25-19(27)12-18(20(25)28)24-9-7-23(8-10-24)13-1-4-15(26)5-2-13/h1-6,11,18,26H,7-10,12H2/t18-/m0/s1. The molecule has 2 heterocycles. The first kappa shape index (κ1) is 18.7. The molecule has 0 aliphatic carbocycles. The molecular formula is C20H19ClFN3O3. The van der Waals surface area contributed by atoms with E-state index in [9.17, 15) is 19.1 Å². The summed E-state index contributed by atoms with van der Waals surface area (Å²) in [6.45, 7) is 2.71.